The Kier molecular flexibility index (Phi) is 3.34. The first-order valence-electron chi connectivity index (χ1n) is 6.21. The summed E-state index contributed by atoms with van der Waals surface area (Å²) in [7, 11) is -3.61. The SMILES string of the molecule is O=S(=O)(Cc1nc2ccccc2[nH]1)Nc1ccc(F)cc1. The predicted molar refractivity (Wildman–Crippen MR) is 78.7 cm³/mol. The molecule has 0 aliphatic carbocycles. The van der Waals surface area contributed by atoms with Crippen LogP contribution in [-0.4, -0.2) is 18.4 Å². The normalized spacial score (nSPS) is 11.7. The third kappa shape index (κ3) is 3.19. The van der Waals surface area contributed by atoms with Gasteiger partial charge in [-0.1, -0.05) is 12.1 Å². The van der Waals surface area contributed by atoms with E-state index < -0.39 is 15.8 Å². The van der Waals surface area contributed by atoms with Gasteiger partial charge in [0, 0.05) is 5.69 Å². The van der Waals surface area contributed by atoms with E-state index in [-0.39, 0.29) is 5.75 Å². The maximum absolute atomic E-state index is 12.8. The highest BCUT2D eigenvalue weighted by Gasteiger charge is 2.14. The lowest BCUT2D eigenvalue weighted by Gasteiger charge is -2.06. The molecule has 0 unspecified atom stereocenters. The fourth-order valence-electron chi connectivity index (χ4n) is 1.99. The lowest BCUT2D eigenvalue weighted by atomic mass is 10.3. The van der Waals surface area contributed by atoms with Gasteiger partial charge >= 0.3 is 0 Å². The van der Waals surface area contributed by atoms with Gasteiger partial charge in [0.25, 0.3) is 0 Å². The Balaban J connectivity index is 1.80. The van der Waals surface area contributed by atoms with Gasteiger partial charge in [-0.05, 0) is 36.4 Å². The highest BCUT2D eigenvalue weighted by Crippen LogP contribution is 2.15. The number of halogens is 1. The summed E-state index contributed by atoms with van der Waals surface area (Å²) in [4.78, 5) is 7.18. The number of H-pyrrole nitrogens is 1. The Morgan fingerprint density at radius 1 is 1.10 bits per heavy atom. The monoisotopic (exact) mass is 305 g/mol. The van der Waals surface area contributed by atoms with Crippen molar-refractivity contribution in [3.8, 4) is 0 Å². The van der Waals surface area contributed by atoms with Crippen molar-refractivity contribution >= 4 is 26.7 Å². The number of anilines is 1. The van der Waals surface area contributed by atoms with E-state index in [0.29, 0.717) is 17.0 Å². The molecule has 1 heterocycles. The molecule has 108 valence electrons. The van der Waals surface area contributed by atoms with Gasteiger partial charge in [0.2, 0.25) is 10.0 Å². The standard InChI is InChI=1S/C14H12FN3O2S/c15-10-5-7-11(8-6-10)18-21(19,20)9-14-16-12-3-1-2-4-13(12)17-14/h1-8,18H,9H2,(H,16,17). The molecule has 2 aromatic carbocycles. The van der Waals surface area contributed by atoms with E-state index in [0.717, 1.165) is 5.52 Å². The van der Waals surface area contributed by atoms with Gasteiger partial charge in [-0.15, -0.1) is 0 Å². The van der Waals surface area contributed by atoms with Crippen LogP contribution in [-0.2, 0) is 15.8 Å². The quantitative estimate of drug-likeness (QED) is 0.778. The molecule has 1 aromatic heterocycles. The van der Waals surface area contributed by atoms with E-state index in [1.165, 1.54) is 24.3 Å². The summed E-state index contributed by atoms with van der Waals surface area (Å²) < 4.78 is 39.3. The van der Waals surface area contributed by atoms with Crippen LogP contribution < -0.4 is 4.72 Å². The molecule has 0 amide bonds. The number of hydrogen-bond acceptors (Lipinski definition) is 3. The van der Waals surface area contributed by atoms with Crippen molar-refractivity contribution in [3.05, 3.63) is 60.2 Å². The largest absolute Gasteiger partial charge is 0.341 e. The number of fused-ring (bicyclic) bond motifs is 1. The maximum atomic E-state index is 12.8. The Morgan fingerprint density at radius 2 is 1.81 bits per heavy atom. The summed E-state index contributed by atoms with van der Waals surface area (Å²) in [6.45, 7) is 0. The minimum absolute atomic E-state index is 0.279. The zero-order valence-electron chi connectivity index (χ0n) is 10.9. The number of sulfonamides is 1. The molecule has 3 aromatic rings. The first kappa shape index (κ1) is 13.6. The van der Waals surface area contributed by atoms with Crippen molar-refractivity contribution < 1.29 is 12.8 Å². The summed E-state index contributed by atoms with van der Waals surface area (Å²) in [5.74, 6) is -0.347. The van der Waals surface area contributed by atoms with Crippen LogP contribution in [0.4, 0.5) is 10.1 Å². The van der Waals surface area contributed by atoms with Crippen LogP contribution in [0.15, 0.2) is 48.5 Å². The summed E-state index contributed by atoms with van der Waals surface area (Å²) in [5, 5.41) is 0. The van der Waals surface area contributed by atoms with Crippen molar-refractivity contribution in [1.29, 1.82) is 0 Å². The molecule has 0 saturated carbocycles. The lowest BCUT2D eigenvalue weighted by molar-refractivity contribution is 0.599. The summed E-state index contributed by atoms with van der Waals surface area (Å²) in [6.07, 6.45) is 0. The third-order valence-electron chi connectivity index (χ3n) is 2.88. The second kappa shape index (κ2) is 5.17. The fraction of sp³-hybridized carbons (Fsp3) is 0.0714. The summed E-state index contributed by atoms with van der Waals surface area (Å²) in [6, 6.07) is 12.4. The first-order chi connectivity index (χ1) is 10.0. The summed E-state index contributed by atoms with van der Waals surface area (Å²) in [5.41, 5.74) is 1.81. The zero-order valence-corrected chi connectivity index (χ0v) is 11.7. The van der Waals surface area contributed by atoms with Crippen LogP contribution in [0.1, 0.15) is 5.82 Å². The van der Waals surface area contributed by atoms with E-state index >= 15 is 0 Å². The number of benzene rings is 2. The molecular weight excluding hydrogens is 293 g/mol. The van der Waals surface area contributed by atoms with Crippen LogP contribution in [0.2, 0.25) is 0 Å². The number of aromatic nitrogens is 2. The van der Waals surface area contributed by atoms with Gasteiger partial charge in [-0.25, -0.2) is 17.8 Å². The molecule has 0 spiro atoms. The maximum Gasteiger partial charge on any atom is 0.240 e. The Hall–Kier alpha value is -2.41. The molecule has 5 nitrogen and oxygen atoms in total. The fourth-order valence-corrected chi connectivity index (χ4v) is 3.05. The van der Waals surface area contributed by atoms with Gasteiger partial charge in [0.1, 0.15) is 17.4 Å². The van der Waals surface area contributed by atoms with Crippen molar-refractivity contribution in [1.82, 2.24) is 9.97 Å². The Morgan fingerprint density at radius 3 is 2.52 bits per heavy atom. The second-order valence-electron chi connectivity index (χ2n) is 4.57. The molecule has 0 saturated heterocycles. The lowest BCUT2D eigenvalue weighted by Crippen LogP contribution is -2.15. The van der Waals surface area contributed by atoms with Gasteiger partial charge in [-0.3, -0.25) is 4.72 Å². The van der Waals surface area contributed by atoms with Gasteiger partial charge in [-0.2, -0.15) is 0 Å². The van der Waals surface area contributed by atoms with Crippen molar-refractivity contribution in [2.45, 2.75) is 5.75 Å². The molecule has 0 atom stereocenters. The molecule has 0 bridgehead atoms. The van der Waals surface area contributed by atoms with E-state index in [9.17, 15) is 12.8 Å². The van der Waals surface area contributed by atoms with Crippen molar-refractivity contribution in [3.63, 3.8) is 0 Å². The van der Waals surface area contributed by atoms with Crippen molar-refractivity contribution in [2.75, 3.05) is 4.72 Å². The molecule has 0 aliphatic rings. The molecule has 7 heteroatoms. The smallest absolute Gasteiger partial charge is 0.240 e. The van der Waals surface area contributed by atoms with E-state index in [4.69, 9.17) is 0 Å². The number of imidazole rings is 1. The van der Waals surface area contributed by atoms with Crippen LogP contribution >= 0.6 is 0 Å². The topological polar surface area (TPSA) is 74.8 Å². The molecular formula is C14H12FN3O2S. The second-order valence-corrected chi connectivity index (χ2v) is 6.29. The Bertz CT molecular complexity index is 840. The third-order valence-corrected chi connectivity index (χ3v) is 4.08. The first-order valence-corrected chi connectivity index (χ1v) is 7.87. The van der Waals surface area contributed by atoms with Gasteiger partial charge in [0.05, 0.1) is 11.0 Å². The zero-order chi connectivity index (χ0) is 14.9. The number of nitrogens with zero attached hydrogens (tertiary/aromatic N) is 1. The number of para-hydroxylation sites is 2. The molecule has 0 aliphatic heterocycles. The minimum atomic E-state index is -3.61. The van der Waals surface area contributed by atoms with Crippen LogP contribution in [0.5, 0.6) is 0 Å². The molecule has 2 N–H and O–H groups in total. The van der Waals surface area contributed by atoms with Crippen LogP contribution in [0, 0.1) is 5.82 Å². The highest BCUT2D eigenvalue weighted by atomic mass is 32.2. The average Bonchev–Trinajstić information content (AvgIpc) is 2.82. The molecule has 21 heavy (non-hydrogen) atoms. The molecule has 0 fully saturated rings. The molecule has 0 radical (unpaired) electrons. The van der Waals surface area contributed by atoms with Crippen LogP contribution in [0.3, 0.4) is 0 Å². The average molecular weight is 305 g/mol. The minimum Gasteiger partial charge on any atom is -0.341 e. The van der Waals surface area contributed by atoms with E-state index in [1.807, 2.05) is 18.2 Å². The molecule has 3 rings (SSSR count). The van der Waals surface area contributed by atoms with Crippen molar-refractivity contribution in [2.24, 2.45) is 0 Å². The number of aromatic amines is 1. The number of nitrogens with one attached hydrogen (secondary N) is 2. The van der Waals surface area contributed by atoms with E-state index in [2.05, 4.69) is 14.7 Å². The number of hydrogen-bond donors (Lipinski definition) is 2. The van der Waals surface area contributed by atoms with Gasteiger partial charge in [0.15, 0.2) is 0 Å². The Labute approximate surface area is 120 Å². The highest BCUT2D eigenvalue weighted by molar-refractivity contribution is 7.91. The predicted octanol–water partition coefficient (Wildman–Crippen LogP) is 2.64. The van der Waals surface area contributed by atoms with E-state index in [1.54, 1.807) is 6.07 Å². The van der Waals surface area contributed by atoms with Crippen LogP contribution in [0.25, 0.3) is 11.0 Å². The summed E-state index contributed by atoms with van der Waals surface area (Å²) >= 11 is 0. The van der Waals surface area contributed by atoms with Gasteiger partial charge < -0.3 is 4.98 Å². The number of rotatable bonds is 4.